The molecule has 3 aliphatic carbocycles. The van der Waals surface area contributed by atoms with Gasteiger partial charge in [-0.15, -0.1) is 0 Å². The third kappa shape index (κ3) is 2.59. The molecule has 27 heavy (non-hydrogen) atoms. The molecule has 0 aromatic rings. The summed E-state index contributed by atoms with van der Waals surface area (Å²) in [6, 6.07) is 0. The van der Waals surface area contributed by atoms with Gasteiger partial charge in [-0.3, -0.25) is 9.59 Å². The SMILES string of the molecule is C=C1C(OC(=O)C(C)(C)C(C)O)CC2CC1C21COC2(CC(C)C(=O)O2)C1. The van der Waals surface area contributed by atoms with Gasteiger partial charge < -0.3 is 19.3 Å². The molecule has 2 bridgehead atoms. The van der Waals surface area contributed by atoms with Gasteiger partial charge in [0.2, 0.25) is 5.79 Å². The maximum atomic E-state index is 12.5. The lowest BCUT2D eigenvalue weighted by molar-refractivity contribution is -0.192. The van der Waals surface area contributed by atoms with E-state index in [1.807, 2.05) is 6.92 Å². The quantitative estimate of drug-likeness (QED) is 0.600. The number of hydrogen-bond acceptors (Lipinski definition) is 6. The van der Waals surface area contributed by atoms with Gasteiger partial charge in [0, 0.05) is 18.3 Å². The molecule has 6 nitrogen and oxygen atoms in total. The molecule has 2 heterocycles. The predicted molar refractivity (Wildman–Crippen MR) is 96.3 cm³/mol. The van der Waals surface area contributed by atoms with Gasteiger partial charge in [0.25, 0.3) is 0 Å². The fourth-order valence-electron chi connectivity index (χ4n) is 5.37. The molecule has 2 saturated heterocycles. The van der Waals surface area contributed by atoms with Crippen molar-refractivity contribution in [2.24, 2.45) is 28.6 Å². The minimum Gasteiger partial charge on any atom is -0.457 e. The van der Waals surface area contributed by atoms with Gasteiger partial charge in [0.15, 0.2) is 0 Å². The third-order valence-corrected chi connectivity index (χ3v) is 7.72. The second-order valence-electron chi connectivity index (χ2n) is 9.72. The molecule has 7 unspecified atom stereocenters. The van der Waals surface area contributed by atoms with E-state index in [0.29, 0.717) is 25.4 Å². The Bertz CT molecular complexity index is 697. The van der Waals surface area contributed by atoms with Crippen molar-refractivity contribution in [3.8, 4) is 0 Å². The van der Waals surface area contributed by atoms with Crippen LogP contribution < -0.4 is 0 Å². The van der Waals surface area contributed by atoms with Crippen molar-refractivity contribution in [3.05, 3.63) is 12.2 Å². The number of aliphatic hydroxyl groups is 1. The molecule has 5 fully saturated rings. The monoisotopic (exact) mass is 378 g/mol. The lowest BCUT2D eigenvalue weighted by Crippen LogP contribution is -2.58. The van der Waals surface area contributed by atoms with Crippen molar-refractivity contribution in [3.63, 3.8) is 0 Å². The van der Waals surface area contributed by atoms with Gasteiger partial charge in [-0.05, 0) is 51.0 Å². The largest absolute Gasteiger partial charge is 0.457 e. The molecular formula is C21H30O6. The van der Waals surface area contributed by atoms with Gasteiger partial charge in [0.05, 0.1) is 24.0 Å². The van der Waals surface area contributed by atoms with Crippen LogP contribution in [0.25, 0.3) is 0 Å². The molecule has 150 valence electrons. The Labute approximate surface area is 160 Å². The lowest BCUT2D eigenvalue weighted by Gasteiger charge is -2.60. The molecule has 0 amide bonds. The van der Waals surface area contributed by atoms with Crippen LogP contribution in [0.5, 0.6) is 0 Å². The summed E-state index contributed by atoms with van der Waals surface area (Å²) in [5.74, 6) is -0.878. The maximum Gasteiger partial charge on any atom is 0.314 e. The molecule has 5 aliphatic rings. The van der Waals surface area contributed by atoms with E-state index >= 15 is 0 Å². The molecule has 3 saturated carbocycles. The number of carbonyl (C=O) groups excluding carboxylic acids is 2. The molecular weight excluding hydrogens is 348 g/mol. The maximum absolute atomic E-state index is 12.5. The minimum atomic E-state index is -0.950. The van der Waals surface area contributed by atoms with Gasteiger partial charge in [-0.2, -0.15) is 0 Å². The summed E-state index contributed by atoms with van der Waals surface area (Å²) in [6.45, 7) is 11.7. The average molecular weight is 378 g/mol. The summed E-state index contributed by atoms with van der Waals surface area (Å²) >= 11 is 0. The Morgan fingerprint density at radius 2 is 2.11 bits per heavy atom. The van der Waals surface area contributed by atoms with Crippen molar-refractivity contribution >= 4 is 11.9 Å². The average Bonchev–Trinajstić information content (AvgIpc) is 3.10. The van der Waals surface area contributed by atoms with Crippen LogP contribution in [0.3, 0.4) is 0 Å². The number of aliphatic hydroxyl groups excluding tert-OH is 1. The topological polar surface area (TPSA) is 82.1 Å². The normalized spacial score (nSPS) is 44.3. The van der Waals surface area contributed by atoms with E-state index < -0.39 is 23.3 Å². The molecule has 0 aromatic heterocycles. The van der Waals surface area contributed by atoms with E-state index in [1.54, 1.807) is 20.8 Å². The van der Waals surface area contributed by atoms with Crippen molar-refractivity contribution < 1.29 is 28.9 Å². The molecule has 0 aromatic carbocycles. The third-order valence-electron chi connectivity index (χ3n) is 7.72. The minimum absolute atomic E-state index is 0.0515. The predicted octanol–water partition coefficient (Wildman–Crippen LogP) is 2.59. The number of esters is 2. The lowest BCUT2D eigenvalue weighted by atomic mass is 9.44. The Morgan fingerprint density at radius 3 is 2.67 bits per heavy atom. The van der Waals surface area contributed by atoms with Gasteiger partial charge in [-0.25, -0.2) is 0 Å². The van der Waals surface area contributed by atoms with Crippen LogP contribution in [-0.4, -0.2) is 41.6 Å². The van der Waals surface area contributed by atoms with Crippen molar-refractivity contribution in [1.29, 1.82) is 0 Å². The van der Waals surface area contributed by atoms with Crippen molar-refractivity contribution in [1.82, 2.24) is 0 Å². The van der Waals surface area contributed by atoms with Gasteiger partial charge >= 0.3 is 11.9 Å². The molecule has 2 aliphatic heterocycles. The first-order valence-electron chi connectivity index (χ1n) is 9.95. The second-order valence-corrected chi connectivity index (χ2v) is 9.72. The summed E-state index contributed by atoms with van der Waals surface area (Å²) < 4.78 is 17.4. The highest BCUT2D eigenvalue weighted by Crippen LogP contribution is 2.68. The van der Waals surface area contributed by atoms with Crippen LogP contribution in [0.15, 0.2) is 12.2 Å². The van der Waals surface area contributed by atoms with Crippen LogP contribution in [0, 0.1) is 28.6 Å². The number of ether oxygens (including phenoxy) is 3. The fraction of sp³-hybridized carbons (Fsp3) is 0.810. The summed E-state index contributed by atoms with van der Waals surface area (Å²) in [7, 11) is 0. The van der Waals surface area contributed by atoms with E-state index in [-0.39, 0.29) is 29.3 Å². The fourth-order valence-corrected chi connectivity index (χ4v) is 5.37. The smallest absolute Gasteiger partial charge is 0.314 e. The highest BCUT2D eigenvalue weighted by Gasteiger charge is 2.69. The molecule has 0 radical (unpaired) electrons. The van der Waals surface area contributed by atoms with E-state index in [2.05, 4.69) is 6.58 Å². The van der Waals surface area contributed by atoms with E-state index in [1.165, 1.54) is 0 Å². The Hall–Kier alpha value is -1.40. The zero-order valence-corrected chi connectivity index (χ0v) is 16.6. The second kappa shape index (κ2) is 5.80. The summed E-state index contributed by atoms with van der Waals surface area (Å²) in [5.41, 5.74) is -0.0661. The Balaban J connectivity index is 1.46. The standard InChI is InChI=1S/C21H30O6/c1-11-8-21(27-17(11)23)9-20(10-25-21)14-6-15(20)12(2)16(7-14)26-18(24)19(4,5)13(3)22/h11,13-16,22H,2,6-10H2,1,3-5H3. The number of rotatable bonds is 3. The molecule has 1 N–H and O–H groups in total. The highest BCUT2D eigenvalue weighted by molar-refractivity contribution is 5.77. The van der Waals surface area contributed by atoms with Crippen LogP contribution >= 0.6 is 0 Å². The first-order valence-corrected chi connectivity index (χ1v) is 9.95. The number of carbonyl (C=O) groups is 2. The van der Waals surface area contributed by atoms with Crippen molar-refractivity contribution in [2.75, 3.05) is 6.61 Å². The summed E-state index contributed by atoms with van der Waals surface area (Å²) in [4.78, 5) is 24.4. The summed E-state index contributed by atoms with van der Waals surface area (Å²) in [5, 5.41) is 9.85. The van der Waals surface area contributed by atoms with E-state index in [0.717, 1.165) is 18.4 Å². The Morgan fingerprint density at radius 1 is 1.41 bits per heavy atom. The van der Waals surface area contributed by atoms with Crippen LogP contribution in [0.2, 0.25) is 0 Å². The van der Waals surface area contributed by atoms with E-state index in [9.17, 15) is 14.7 Å². The first-order chi connectivity index (χ1) is 12.5. The molecule has 7 atom stereocenters. The molecule has 5 rings (SSSR count). The zero-order chi connectivity index (χ0) is 19.8. The van der Waals surface area contributed by atoms with Crippen LogP contribution in [0.4, 0.5) is 0 Å². The Kier molecular flexibility index (Phi) is 4.07. The van der Waals surface area contributed by atoms with Crippen LogP contribution in [0.1, 0.15) is 53.4 Å². The van der Waals surface area contributed by atoms with Crippen molar-refractivity contribution in [2.45, 2.75) is 71.4 Å². The molecule has 2 spiro atoms. The number of fused-ring (bicyclic) bond motifs is 2. The number of hydrogen-bond donors (Lipinski definition) is 1. The van der Waals surface area contributed by atoms with Gasteiger partial charge in [-0.1, -0.05) is 13.5 Å². The zero-order valence-electron chi connectivity index (χ0n) is 16.6. The first kappa shape index (κ1) is 18.9. The highest BCUT2D eigenvalue weighted by atomic mass is 16.7. The molecule has 6 heteroatoms. The summed E-state index contributed by atoms with van der Waals surface area (Å²) in [6.07, 6.45) is 1.97. The van der Waals surface area contributed by atoms with E-state index in [4.69, 9.17) is 14.2 Å². The van der Waals surface area contributed by atoms with Gasteiger partial charge in [0.1, 0.15) is 6.10 Å². The van der Waals surface area contributed by atoms with Crippen LogP contribution in [-0.2, 0) is 23.8 Å².